The topological polar surface area (TPSA) is 115 Å². The fourth-order valence-electron chi connectivity index (χ4n) is 4.63. The third-order valence-corrected chi connectivity index (χ3v) is 6.17. The van der Waals surface area contributed by atoms with Crippen LogP contribution in [-0.4, -0.2) is 108 Å². The zero-order chi connectivity index (χ0) is 31.0. The molecule has 10 heteroatoms. The van der Waals surface area contributed by atoms with E-state index in [1.165, 1.54) is 0 Å². The van der Waals surface area contributed by atoms with E-state index >= 15 is 0 Å². The molecule has 1 heterocycles. The Labute approximate surface area is 246 Å². The predicted octanol–water partition coefficient (Wildman–Crippen LogP) is 3.12. The first-order valence-electron chi connectivity index (χ1n) is 14.5. The lowest BCUT2D eigenvalue weighted by atomic mass is 10.0. The SMILES string of the molecule is CC(C)(C)OC(=O)CN1CCN(CC(=O)OC(C)(C)C)C[C@H](Cc2ccc(N)cc2)N(CC(=O)OC(C)(C)C)CC1. The Morgan fingerprint density at radius 3 is 1.59 bits per heavy atom. The molecule has 0 amide bonds. The summed E-state index contributed by atoms with van der Waals surface area (Å²) in [7, 11) is 0. The average Bonchev–Trinajstić information content (AvgIpc) is 2.83. The Morgan fingerprint density at radius 1 is 0.683 bits per heavy atom. The van der Waals surface area contributed by atoms with Gasteiger partial charge in [0.15, 0.2) is 0 Å². The standard InChI is InChI=1S/C31H52N4O6/c1-29(2,3)39-26(36)20-33-14-15-34(21-27(37)40-30(4,5)6)19-25(18-23-10-12-24(32)13-11-23)35(17-16-33)22-28(38)41-31(7,8)9/h10-13,25H,14-22,32H2,1-9H3/t25-/m0/s1. The van der Waals surface area contributed by atoms with Crippen molar-refractivity contribution in [3.63, 3.8) is 0 Å². The lowest BCUT2D eigenvalue weighted by molar-refractivity contribution is -0.158. The Hall–Kier alpha value is -2.69. The summed E-state index contributed by atoms with van der Waals surface area (Å²) >= 11 is 0. The Bertz CT molecular complexity index is 1010. The molecule has 0 unspecified atom stereocenters. The number of hydrogen-bond donors (Lipinski definition) is 1. The van der Waals surface area contributed by atoms with Crippen LogP contribution in [0.2, 0.25) is 0 Å². The number of benzene rings is 1. The number of ether oxygens (including phenoxy) is 3. The molecule has 1 fully saturated rings. The van der Waals surface area contributed by atoms with Crippen molar-refractivity contribution < 1.29 is 28.6 Å². The van der Waals surface area contributed by atoms with Gasteiger partial charge < -0.3 is 19.9 Å². The Kier molecular flexibility index (Phi) is 12.2. The van der Waals surface area contributed by atoms with Gasteiger partial charge in [0.1, 0.15) is 16.8 Å². The summed E-state index contributed by atoms with van der Waals surface area (Å²) in [5.74, 6) is -0.954. The number of nitrogens with two attached hydrogens (primary N) is 1. The van der Waals surface area contributed by atoms with Crippen molar-refractivity contribution >= 4 is 23.6 Å². The van der Waals surface area contributed by atoms with Crippen LogP contribution in [0.4, 0.5) is 5.69 Å². The van der Waals surface area contributed by atoms with E-state index < -0.39 is 16.8 Å². The molecule has 2 rings (SSSR count). The van der Waals surface area contributed by atoms with Gasteiger partial charge in [-0.3, -0.25) is 29.1 Å². The highest BCUT2D eigenvalue weighted by atomic mass is 16.6. The monoisotopic (exact) mass is 576 g/mol. The first-order chi connectivity index (χ1) is 18.8. The van der Waals surface area contributed by atoms with Gasteiger partial charge in [-0.05, 0) is 86.4 Å². The van der Waals surface area contributed by atoms with Crippen LogP contribution in [0, 0.1) is 0 Å². The molecule has 0 saturated carbocycles. The molecule has 0 radical (unpaired) electrons. The van der Waals surface area contributed by atoms with Crippen LogP contribution in [0.25, 0.3) is 0 Å². The number of nitrogens with zero attached hydrogens (tertiary/aromatic N) is 3. The number of hydrogen-bond acceptors (Lipinski definition) is 10. The number of anilines is 1. The van der Waals surface area contributed by atoms with Gasteiger partial charge in [-0.1, -0.05) is 12.1 Å². The minimum atomic E-state index is -0.616. The number of carbonyl (C=O) groups excluding carboxylic acids is 3. The molecule has 10 nitrogen and oxygen atoms in total. The minimum absolute atomic E-state index is 0.0808. The van der Waals surface area contributed by atoms with E-state index in [1.807, 2.05) is 96.4 Å². The van der Waals surface area contributed by atoms with Gasteiger partial charge in [-0.2, -0.15) is 0 Å². The average molecular weight is 577 g/mol. The second-order valence-corrected chi connectivity index (χ2v) is 13.8. The normalized spacial score (nSPS) is 18.6. The van der Waals surface area contributed by atoms with Gasteiger partial charge in [0.05, 0.1) is 19.6 Å². The second kappa shape index (κ2) is 14.5. The van der Waals surface area contributed by atoms with Crippen LogP contribution in [0.15, 0.2) is 24.3 Å². The number of carbonyl (C=O) groups is 3. The molecule has 0 aliphatic carbocycles. The maximum absolute atomic E-state index is 13.0. The predicted molar refractivity (Wildman–Crippen MR) is 160 cm³/mol. The van der Waals surface area contributed by atoms with Crippen molar-refractivity contribution in [3.05, 3.63) is 29.8 Å². The summed E-state index contributed by atoms with van der Waals surface area (Å²) in [6, 6.07) is 7.59. The van der Waals surface area contributed by atoms with E-state index in [0.29, 0.717) is 44.8 Å². The first-order valence-corrected chi connectivity index (χ1v) is 14.5. The van der Waals surface area contributed by atoms with Crippen LogP contribution >= 0.6 is 0 Å². The highest BCUT2D eigenvalue weighted by Gasteiger charge is 2.31. The molecule has 0 bridgehead atoms. The largest absolute Gasteiger partial charge is 0.459 e. The van der Waals surface area contributed by atoms with Crippen molar-refractivity contribution in [2.45, 2.75) is 91.6 Å². The highest BCUT2D eigenvalue weighted by molar-refractivity contribution is 5.73. The van der Waals surface area contributed by atoms with Crippen molar-refractivity contribution in [1.82, 2.24) is 14.7 Å². The summed E-state index contributed by atoms with van der Waals surface area (Å²) in [5.41, 5.74) is 5.86. The maximum Gasteiger partial charge on any atom is 0.320 e. The Balaban J connectivity index is 2.38. The van der Waals surface area contributed by atoms with Gasteiger partial charge in [-0.25, -0.2) is 0 Å². The highest BCUT2D eigenvalue weighted by Crippen LogP contribution is 2.17. The van der Waals surface area contributed by atoms with Crippen molar-refractivity contribution in [2.24, 2.45) is 0 Å². The van der Waals surface area contributed by atoms with E-state index in [9.17, 15) is 14.4 Å². The van der Waals surface area contributed by atoms with Gasteiger partial charge in [-0.15, -0.1) is 0 Å². The number of nitrogen functional groups attached to an aromatic ring is 1. The summed E-state index contributed by atoms with van der Waals surface area (Å²) in [5, 5.41) is 0. The van der Waals surface area contributed by atoms with E-state index in [-0.39, 0.29) is 43.6 Å². The van der Waals surface area contributed by atoms with E-state index in [0.717, 1.165) is 5.56 Å². The number of rotatable bonds is 8. The maximum atomic E-state index is 13.0. The molecule has 1 aromatic rings. The van der Waals surface area contributed by atoms with Crippen LogP contribution in [0.3, 0.4) is 0 Å². The van der Waals surface area contributed by atoms with Gasteiger partial charge in [0.2, 0.25) is 0 Å². The molecule has 1 saturated heterocycles. The lowest BCUT2D eigenvalue weighted by Crippen LogP contribution is -2.50. The van der Waals surface area contributed by atoms with Crippen molar-refractivity contribution in [1.29, 1.82) is 0 Å². The first kappa shape index (κ1) is 34.5. The number of esters is 3. The molecule has 232 valence electrons. The summed E-state index contributed by atoms with van der Waals surface area (Å²) in [6.07, 6.45) is 0.639. The van der Waals surface area contributed by atoms with Gasteiger partial charge >= 0.3 is 17.9 Å². The molecular weight excluding hydrogens is 524 g/mol. The van der Waals surface area contributed by atoms with Crippen LogP contribution in [0.5, 0.6) is 0 Å². The quantitative estimate of drug-likeness (QED) is 0.281. The minimum Gasteiger partial charge on any atom is -0.459 e. The Morgan fingerprint density at radius 2 is 1.10 bits per heavy atom. The van der Waals surface area contributed by atoms with Gasteiger partial charge in [0.25, 0.3) is 0 Å². The molecule has 2 N–H and O–H groups in total. The molecule has 41 heavy (non-hydrogen) atoms. The van der Waals surface area contributed by atoms with E-state index in [4.69, 9.17) is 19.9 Å². The fourth-order valence-corrected chi connectivity index (χ4v) is 4.63. The molecule has 1 aromatic carbocycles. The van der Waals surface area contributed by atoms with Crippen molar-refractivity contribution in [2.75, 3.05) is 58.1 Å². The lowest BCUT2D eigenvalue weighted by Gasteiger charge is -2.35. The molecule has 1 aliphatic rings. The molecule has 0 spiro atoms. The van der Waals surface area contributed by atoms with Crippen LogP contribution < -0.4 is 5.73 Å². The smallest absolute Gasteiger partial charge is 0.320 e. The zero-order valence-electron chi connectivity index (χ0n) is 26.6. The second-order valence-electron chi connectivity index (χ2n) is 13.8. The fraction of sp³-hybridized carbons (Fsp3) is 0.710. The molecular formula is C31H52N4O6. The van der Waals surface area contributed by atoms with Crippen LogP contribution in [0.1, 0.15) is 67.9 Å². The zero-order valence-corrected chi connectivity index (χ0v) is 26.6. The summed E-state index contributed by atoms with van der Waals surface area (Å²) < 4.78 is 16.9. The summed E-state index contributed by atoms with van der Waals surface area (Å²) in [6.45, 7) is 19.6. The molecule has 1 atom stereocenters. The van der Waals surface area contributed by atoms with Gasteiger partial charge in [0, 0.05) is 44.5 Å². The van der Waals surface area contributed by atoms with Crippen molar-refractivity contribution in [3.8, 4) is 0 Å². The third kappa shape index (κ3) is 14.7. The third-order valence-electron chi connectivity index (χ3n) is 6.17. The van der Waals surface area contributed by atoms with Crippen LogP contribution in [-0.2, 0) is 35.0 Å². The van der Waals surface area contributed by atoms with E-state index in [2.05, 4.69) is 4.90 Å². The summed E-state index contributed by atoms with van der Waals surface area (Å²) in [4.78, 5) is 44.8. The van der Waals surface area contributed by atoms with E-state index in [1.54, 1.807) is 0 Å². The molecule has 1 aliphatic heterocycles. The molecule has 0 aromatic heterocycles.